The van der Waals surface area contributed by atoms with Crippen LogP contribution in [0.4, 0.5) is 0 Å². The Kier molecular flexibility index (Phi) is 5.31. The maximum absolute atomic E-state index is 12.3. The van der Waals surface area contributed by atoms with Gasteiger partial charge in [-0.25, -0.2) is 0 Å². The van der Waals surface area contributed by atoms with Gasteiger partial charge in [0.15, 0.2) is 0 Å². The fourth-order valence-electron chi connectivity index (χ4n) is 3.63. The van der Waals surface area contributed by atoms with Crippen molar-refractivity contribution in [2.45, 2.75) is 25.8 Å². The van der Waals surface area contributed by atoms with Crippen LogP contribution in [-0.2, 0) is 22.5 Å². The largest absolute Gasteiger partial charge is 0.469 e. The van der Waals surface area contributed by atoms with Crippen molar-refractivity contribution < 1.29 is 9.53 Å². The molecular weight excluding hydrogens is 298 g/mol. The van der Waals surface area contributed by atoms with E-state index < -0.39 is 0 Å². The van der Waals surface area contributed by atoms with E-state index in [2.05, 4.69) is 60.4 Å². The van der Waals surface area contributed by atoms with Gasteiger partial charge in [0.05, 0.1) is 13.0 Å². The standard InChI is InChI=1S/C21H25NO2/c1-3-16-10-7-11-18(12-16)19-14-22(15-20(19)21(23)24-2)13-17-8-5-4-6-9-17/h4-12,19-20H,3,13-15H2,1-2H3/t19?,20-/m0/s1. The molecule has 2 atom stereocenters. The van der Waals surface area contributed by atoms with Gasteiger partial charge in [-0.05, 0) is 23.1 Å². The molecule has 1 saturated heterocycles. The van der Waals surface area contributed by atoms with E-state index in [0.717, 1.165) is 26.1 Å². The molecule has 1 aliphatic heterocycles. The summed E-state index contributed by atoms with van der Waals surface area (Å²) < 4.78 is 5.08. The Hall–Kier alpha value is -2.13. The second-order valence-corrected chi connectivity index (χ2v) is 6.51. The first-order valence-electron chi connectivity index (χ1n) is 8.64. The van der Waals surface area contributed by atoms with Crippen LogP contribution in [-0.4, -0.2) is 31.1 Å². The first-order chi connectivity index (χ1) is 11.7. The first-order valence-corrected chi connectivity index (χ1v) is 8.64. The molecule has 0 bridgehead atoms. The minimum Gasteiger partial charge on any atom is -0.469 e. The van der Waals surface area contributed by atoms with Crippen LogP contribution in [0.2, 0.25) is 0 Å². The van der Waals surface area contributed by atoms with Crippen molar-refractivity contribution in [3.63, 3.8) is 0 Å². The van der Waals surface area contributed by atoms with Gasteiger partial charge < -0.3 is 4.74 Å². The molecule has 1 aliphatic rings. The maximum Gasteiger partial charge on any atom is 0.310 e. The molecule has 0 radical (unpaired) electrons. The van der Waals surface area contributed by atoms with Crippen LogP contribution in [0.3, 0.4) is 0 Å². The van der Waals surface area contributed by atoms with E-state index in [0.29, 0.717) is 0 Å². The number of aryl methyl sites for hydroxylation is 1. The third-order valence-corrected chi connectivity index (χ3v) is 4.94. The van der Waals surface area contributed by atoms with E-state index in [1.165, 1.54) is 23.8 Å². The molecule has 0 aliphatic carbocycles. The number of nitrogens with zero attached hydrogens (tertiary/aromatic N) is 1. The summed E-state index contributed by atoms with van der Waals surface area (Å²) in [5.41, 5.74) is 3.85. The smallest absolute Gasteiger partial charge is 0.310 e. The Morgan fingerprint density at radius 1 is 1.08 bits per heavy atom. The molecule has 0 amide bonds. The Bertz CT molecular complexity index is 683. The Morgan fingerprint density at radius 2 is 1.83 bits per heavy atom. The zero-order valence-corrected chi connectivity index (χ0v) is 14.4. The summed E-state index contributed by atoms with van der Waals surface area (Å²) in [7, 11) is 1.49. The highest BCUT2D eigenvalue weighted by molar-refractivity contribution is 5.74. The summed E-state index contributed by atoms with van der Waals surface area (Å²) in [6, 6.07) is 19.1. The van der Waals surface area contributed by atoms with Crippen molar-refractivity contribution in [3.05, 3.63) is 71.3 Å². The summed E-state index contributed by atoms with van der Waals surface area (Å²) in [6.07, 6.45) is 1.01. The quantitative estimate of drug-likeness (QED) is 0.787. The third kappa shape index (κ3) is 3.68. The molecule has 2 aromatic rings. The third-order valence-electron chi connectivity index (χ3n) is 4.94. The number of methoxy groups -OCH3 is 1. The van der Waals surface area contributed by atoms with Crippen LogP contribution in [0.5, 0.6) is 0 Å². The van der Waals surface area contributed by atoms with E-state index in [1.54, 1.807) is 0 Å². The van der Waals surface area contributed by atoms with Crippen LogP contribution >= 0.6 is 0 Å². The van der Waals surface area contributed by atoms with Crippen LogP contribution in [0.25, 0.3) is 0 Å². The van der Waals surface area contributed by atoms with Gasteiger partial charge in [0.2, 0.25) is 0 Å². The topological polar surface area (TPSA) is 29.5 Å². The number of carbonyl (C=O) groups is 1. The molecule has 3 heteroatoms. The average Bonchev–Trinajstić information content (AvgIpc) is 3.05. The summed E-state index contributed by atoms with van der Waals surface area (Å²) in [5.74, 6) is 0.0101. The zero-order chi connectivity index (χ0) is 16.9. The molecule has 0 aromatic heterocycles. The summed E-state index contributed by atoms with van der Waals surface area (Å²) in [4.78, 5) is 14.7. The number of rotatable bonds is 5. The number of carbonyl (C=O) groups excluding carboxylic acids is 1. The van der Waals surface area contributed by atoms with E-state index in [1.807, 2.05) is 6.07 Å². The Labute approximate surface area is 144 Å². The average molecular weight is 323 g/mol. The van der Waals surface area contributed by atoms with Crippen molar-refractivity contribution in [1.82, 2.24) is 4.90 Å². The molecule has 3 rings (SSSR count). The molecule has 0 saturated carbocycles. The Balaban J connectivity index is 1.81. The monoisotopic (exact) mass is 323 g/mol. The highest BCUT2D eigenvalue weighted by Gasteiger charge is 2.39. The zero-order valence-electron chi connectivity index (χ0n) is 14.4. The SMILES string of the molecule is CCc1cccc(C2CN(Cc3ccccc3)C[C@@H]2C(=O)OC)c1. The van der Waals surface area contributed by atoms with E-state index in [-0.39, 0.29) is 17.8 Å². The fourth-order valence-corrected chi connectivity index (χ4v) is 3.63. The van der Waals surface area contributed by atoms with E-state index in [9.17, 15) is 4.79 Å². The van der Waals surface area contributed by atoms with Gasteiger partial charge in [-0.3, -0.25) is 9.69 Å². The van der Waals surface area contributed by atoms with Gasteiger partial charge in [-0.2, -0.15) is 0 Å². The maximum atomic E-state index is 12.3. The second kappa shape index (κ2) is 7.63. The number of esters is 1. The molecule has 0 spiro atoms. The minimum atomic E-state index is -0.0996. The molecule has 126 valence electrons. The number of benzene rings is 2. The molecule has 1 fully saturated rings. The van der Waals surface area contributed by atoms with Gasteiger partial charge in [0.1, 0.15) is 0 Å². The number of ether oxygens (including phenoxy) is 1. The van der Waals surface area contributed by atoms with Crippen molar-refractivity contribution >= 4 is 5.97 Å². The molecule has 24 heavy (non-hydrogen) atoms. The molecule has 1 heterocycles. The van der Waals surface area contributed by atoms with Gasteiger partial charge >= 0.3 is 5.97 Å². The highest BCUT2D eigenvalue weighted by atomic mass is 16.5. The number of hydrogen-bond donors (Lipinski definition) is 0. The molecule has 2 aromatic carbocycles. The molecule has 3 nitrogen and oxygen atoms in total. The summed E-state index contributed by atoms with van der Waals surface area (Å²) in [6.45, 7) is 4.68. The number of likely N-dealkylation sites (tertiary alicyclic amines) is 1. The molecule has 1 unspecified atom stereocenters. The predicted octanol–water partition coefficient (Wildman–Crippen LogP) is 3.64. The van der Waals surface area contributed by atoms with Crippen molar-refractivity contribution in [2.75, 3.05) is 20.2 Å². The number of hydrogen-bond acceptors (Lipinski definition) is 3. The van der Waals surface area contributed by atoms with Gasteiger partial charge in [0.25, 0.3) is 0 Å². The van der Waals surface area contributed by atoms with Gasteiger partial charge in [-0.1, -0.05) is 61.5 Å². The lowest BCUT2D eigenvalue weighted by Crippen LogP contribution is -2.24. The molecular formula is C21H25NO2. The fraction of sp³-hybridized carbons (Fsp3) is 0.381. The van der Waals surface area contributed by atoms with E-state index in [4.69, 9.17) is 4.74 Å². The first kappa shape index (κ1) is 16.7. The van der Waals surface area contributed by atoms with Crippen LogP contribution in [0.1, 0.15) is 29.5 Å². The minimum absolute atomic E-state index is 0.0918. The van der Waals surface area contributed by atoms with Gasteiger partial charge in [0, 0.05) is 25.6 Å². The van der Waals surface area contributed by atoms with Gasteiger partial charge in [-0.15, -0.1) is 0 Å². The Morgan fingerprint density at radius 3 is 2.54 bits per heavy atom. The van der Waals surface area contributed by atoms with Crippen LogP contribution in [0, 0.1) is 5.92 Å². The summed E-state index contributed by atoms with van der Waals surface area (Å²) in [5, 5.41) is 0. The second-order valence-electron chi connectivity index (χ2n) is 6.51. The van der Waals surface area contributed by atoms with Crippen molar-refractivity contribution in [3.8, 4) is 0 Å². The lowest BCUT2D eigenvalue weighted by Gasteiger charge is -2.17. The normalized spacial score (nSPS) is 20.9. The van der Waals surface area contributed by atoms with Crippen molar-refractivity contribution in [2.24, 2.45) is 5.92 Å². The summed E-state index contributed by atoms with van der Waals surface area (Å²) >= 11 is 0. The predicted molar refractivity (Wildman–Crippen MR) is 95.8 cm³/mol. The van der Waals surface area contributed by atoms with Crippen LogP contribution in [0.15, 0.2) is 54.6 Å². The van der Waals surface area contributed by atoms with Crippen molar-refractivity contribution in [1.29, 1.82) is 0 Å². The lowest BCUT2D eigenvalue weighted by atomic mass is 9.88. The van der Waals surface area contributed by atoms with E-state index >= 15 is 0 Å². The lowest BCUT2D eigenvalue weighted by molar-refractivity contribution is -0.145. The highest BCUT2D eigenvalue weighted by Crippen LogP contribution is 2.34. The van der Waals surface area contributed by atoms with Crippen LogP contribution < -0.4 is 0 Å². The molecule has 0 N–H and O–H groups in total.